The summed E-state index contributed by atoms with van der Waals surface area (Å²) in [7, 11) is 0. The number of anilines is 2. The van der Waals surface area contributed by atoms with Crippen LogP contribution in [0.2, 0.25) is 0 Å². The lowest BCUT2D eigenvalue weighted by atomic mass is 10.2. The molecule has 22 heavy (non-hydrogen) atoms. The third-order valence-electron chi connectivity index (χ3n) is 3.64. The minimum absolute atomic E-state index is 0.238. The van der Waals surface area contributed by atoms with Crippen LogP contribution in [0.1, 0.15) is 23.1 Å². The van der Waals surface area contributed by atoms with E-state index in [4.69, 9.17) is 4.74 Å². The lowest BCUT2D eigenvalue weighted by Gasteiger charge is -2.30. The first kappa shape index (κ1) is 14.5. The number of H-pyrrole nitrogens is 1. The van der Waals surface area contributed by atoms with E-state index < -0.39 is 0 Å². The van der Waals surface area contributed by atoms with Crippen LogP contribution in [-0.2, 0) is 11.2 Å². The average Bonchev–Trinajstić information content (AvgIpc) is 3.05. The number of amides is 1. The summed E-state index contributed by atoms with van der Waals surface area (Å²) in [5.74, 6) is -0.238. The predicted molar refractivity (Wildman–Crippen MR) is 83.2 cm³/mol. The molecule has 0 atom stereocenters. The maximum absolute atomic E-state index is 12.3. The fourth-order valence-electron chi connectivity index (χ4n) is 2.41. The van der Waals surface area contributed by atoms with Gasteiger partial charge in [-0.05, 0) is 18.6 Å². The molecule has 2 aromatic heterocycles. The molecule has 3 heterocycles. The van der Waals surface area contributed by atoms with E-state index in [9.17, 15) is 4.79 Å². The van der Waals surface area contributed by atoms with Crippen molar-refractivity contribution in [3.63, 3.8) is 0 Å². The normalized spacial score (nSPS) is 14.9. The molecule has 1 aliphatic heterocycles. The van der Waals surface area contributed by atoms with Crippen molar-refractivity contribution in [1.29, 1.82) is 0 Å². The van der Waals surface area contributed by atoms with E-state index >= 15 is 0 Å². The first-order chi connectivity index (χ1) is 10.8. The number of morpholine rings is 1. The largest absolute Gasteiger partial charge is 0.378 e. The quantitative estimate of drug-likeness (QED) is 0.893. The molecular weight excluding hydrogens is 282 g/mol. The second-order valence-electron chi connectivity index (χ2n) is 5.08. The van der Waals surface area contributed by atoms with Gasteiger partial charge < -0.3 is 15.0 Å². The standard InChI is InChI=1S/C15H19N5O2/c1-2-11-9-12(19-18-11)15(21)17-13-10-16-4-3-14(13)20-5-7-22-8-6-20/h3-4,9-10H,2,5-8H2,1H3,(H,17,21)(H,18,19). The zero-order valence-corrected chi connectivity index (χ0v) is 12.5. The van der Waals surface area contributed by atoms with Crippen LogP contribution in [0.4, 0.5) is 11.4 Å². The summed E-state index contributed by atoms with van der Waals surface area (Å²) in [4.78, 5) is 18.6. The Hall–Kier alpha value is -2.41. The molecule has 0 saturated carbocycles. The molecule has 1 fully saturated rings. The fraction of sp³-hybridized carbons (Fsp3) is 0.400. The Bertz CT molecular complexity index is 649. The van der Waals surface area contributed by atoms with E-state index in [1.54, 1.807) is 18.5 Å². The van der Waals surface area contributed by atoms with Gasteiger partial charge in [-0.2, -0.15) is 5.10 Å². The molecule has 1 saturated heterocycles. The maximum atomic E-state index is 12.3. The van der Waals surface area contributed by atoms with Crippen molar-refractivity contribution >= 4 is 17.3 Å². The molecule has 0 bridgehead atoms. The smallest absolute Gasteiger partial charge is 0.276 e. The SMILES string of the molecule is CCc1cc(C(=O)Nc2cnccc2N2CCOCC2)n[nH]1. The number of rotatable bonds is 4. The van der Waals surface area contributed by atoms with Crippen molar-refractivity contribution in [2.24, 2.45) is 0 Å². The Morgan fingerprint density at radius 2 is 2.27 bits per heavy atom. The summed E-state index contributed by atoms with van der Waals surface area (Å²) >= 11 is 0. The van der Waals surface area contributed by atoms with E-state index in [-0.39, 0.29) is 5.91 Å². The number of aromatic nitrogens is 3. The van der Waals surface area contributed by atoms with Gasteiger partial charge >= 0.3 is 0 Å². The van der Waals surface area contributed by atoms with Crippen LogP contribution in [0.5, 0.6) is 0 Å². The van der Waals surface area contributed by atoms with E-state index in [0.717, 1.165) is 30.9 Å². The van der Waals surface area contributed by atoms with Gasteiger partial charge in [-0.25, -0.2) is 0 Å². The molecule has 1 amide bonds. The molecule has 2 N–H and O–H groups in total. The summed E-state index contributed by atoms with van der Waals surface area (Å²) in [5.41, 5.74) is 2.96. The van der Waals surface area contributed by atoms with E-state index in [0.29, 0.717) is 24.6 Å². The molecule has 7 nitrogen and oxygen atoms in total. The molecule has 7 heteroatoms. The Morgan fingerprint density at radius 3 is 3.00 bits per heavy atom. The number of aromatic amines is 1. The summed E-state index contributed by atoms with van der Waals surface area (Å²) in [6.45, 7) is 4.99. The summed E-state index contributed by atoms with van der Waals surface area (Å²) in [6, 6.07) is 3.67. The lowest BCUT2D eigenvalue weighted by Crippen LogP contribution is -2.36. The van der Waals surface area contributed by atoms with Crippen LogP contribution < -0.4 is 10.2 Å². The minimum Gasteiger partial charge on any atom is -0.378 e. The van der Waals surface area contributed by atoms with Gasteiger partial charge in [-0.1, -0.05) is 6.92 Å². The van der Waals surface area contributed by atoms with Crippen LogP contribution in [0.25, 0.3) is 0 Å². The second-order valence-corrected chi connectivity index (χ2v) is 5.08. The highest BCUT2D eigenvalue weighted by Gasteiger charge is 2.17. The maximum Gasteiger partial charge on any atom is 0.276 e. The zero-order valence-electron chi connectivity index (χ0n) is 12.5. The first-order valence-electron chi connectivity index (χ1n) is 7.40. The van der Waals surface area contributed by atoms with Crippen LogP contribution >= 0.6 is 0 Å². The van der Waals surface area contributed by atoms with Gasteiger partial charge in [-0.3, -0.25) is 14.9 Å². The summed E-state index contributed by atoms with van der Waals surface area (Å²) in [6.07, 6.45) is 4.20. The van der Waals surface area contributed by atoms with Gasteiger partial charge in [0.25, 0.3) is 5.91 Å². The lowest BCUT2D eigenvalue weighted by molar-refractivity contribution is 0.102. The fourth-order valence-corrected chi connectivity index (χ4v) is 2.41. The molecule has 116 valence electrons. The number of aryl methyl sites for hydroxylation is 1. The molecule has 2 aromatic rings. The highest BCUT2D eigenvalue weighted by molar-refractivity contribution is 6.04. The average molecular weight is 301 g/mol. The van der Waals surface area contributed by atoms with Gasteiger partial charge in [-0.15, -0.1) is 0 Å². The Balaban J connectivity index is 1.78. The molecule has 0 aromatic carbocycles. The molecule has 3 rings (SSSR count). The van der Waals surface area contributed by atoms with Crippen LogP contribution in [-0.4, -0.2) is 47.4 Å². The molecule has 0 unspecified atom stereocenters. The predicted octanol–water partition coefficient (Wildman–Crippen LogP) is 1.46. The molecular formula is C15H19N5O2. The molecule has 0 aliphatic carbocycles. The number of nitrogens with zero attached hydrogens (tertiary/aromatic N) is 3. The molecule has 0 radical (unpaired) electrons. The minimum atomic E-state index is -0.238. The van der Waals surface area contributed by atoms with Crippen molar-refractivity contribution in [2.45, 2.75) is 13.3 Å². The number of ether oxygens (including phenoxy) is 1. The Morgan fingerprint density at radius 1 is 1.45 bits per heavy atom. The van der Waals surface area contributed by atoms with Crippen molar-refractivity contribution in [1.82, 2.24) is 15.2 Å². The van der Waals surface area contributed by atoms with Gasteiger partial charge in [0.2, 0.25) is 0 Å². The number of hydrogen-bond acceptors (Lipinski definition) is 5. The number of hydrogen-bond donors (Lipinski definition) is 2. The number of carbonyl (C=O) groups is 1. The van der Waals surface area contributed by atoms with Gasteiger partial charge in [0, 0.05) is 25.0 Å². The summed E-state index contributed by atoms with van der Waals surface area (Å²) in [5, 5.41) is 9.78. The van der Waals surface area contributed by atoms with Crippen LogP contribution in [0.15, 0.2) is 24.5 Å². The van der Waals surface area contributed by atoms with Crippen LogP contribution in [0, 0.1) is 0 Å². The van der Waals surface area contributed by atoms with E-state index in [1.807, 2.05) is 13.0 Å². The summed E-state index contributed by atoms with van der Waals surface area (Å²) < 4.78 is 5.37. The molecule has 0 spiro atoms. The monoisotopic (exact) mass is 301 g/mol. The van der Waals surface area contributed by atoms with Crippen molar-refractivity contribution in [3.05, 3.63) is 35.9 Å². The third-order valence-corrected chi connectivity index (χ3v) is 3.64. The first-order valence-corrected chi connectivity index (χ1v) is 7.40. The number of nitrogens with one attached hydrogen (secondary N) is 2. The van der Waals surface area contributed by atoms with Crippen molar-refractivity contribution in [3.8, 4) is 0 Å². The van der Waals surface area contributed by atoms with Crippen molar-refractivity contribution in [2.75, 3.05) is 36.5 Å². The Kier molecular flexibility index (Phi) is 4.34. The third kappa shape index (κ3) is 3.09. The van der Waals surface area contributed by atoms with Gasteiger partial charge in [0.1, 0.15) is 0 Å². The topological polar surface area (TPSA) is 83.1 Å². The van der Waals surface area contributed by atoms with E-state index in [2.05, 4.69) is 25.4 Å². The highest BCUT2D eigenvalue weighted by atomic mass is 16.5. The highest BCUT2D eigenvalue weighted by Crippen LogP contribution is 2.25. The molecule has 1 aliphatic rings. The van der Waals surface area contributed by atoms with Gasteiger partial charge in [0.05, 0.1) is 30.8 Å². The van der Waals surface area contributed by atoms with Gasteiger partial charge in [0.15, 0.2) is 5.69 Å². The van der Waals surface area contributed by atoms with E-state index in [1.165, 1.54) is 0 Å². The number of carbonyl (C=O) groups excluding carboxylic acids is 1. The Labute approximate surface area is 128 Å². The second kappa shape index (κ2) is 6.57. The van der Waals surface area contributed by atoms with Crippen molar-refractivity contribution < 1.29 is 9.53 Å². The number of pyridine rings is 1. The zero-order chi connectivity index (χ0) is 15.4. The van der Waals surface area contributed by atoms with Crippen LogP contribution in [0.3, 0.4) is 0 Å².